The first kappa shape index (κ1) is 14.1. The number of fused-ring (bicyclic) bond motifs is 1. The lowest BCUT2D eigenvalue weighted by Gasteiger charge is -2.43. The van der Waals surface area contributed by atoms with E-state index in [1.807, 2.05) is 6.07 Å². The Morgan fingerprint density at radius 2 is 2.00 bits per heavy atom. The normalized spacial score (nSPS) is 36.3. The van der Waals surface area contributed by atoms with E-state index in [4.69, 9.17) is 0 Å². The van der Waals surface area contributed by atoms with Crippen LogP contribution in [-0.2, 0) is 15.4 Å². The third kappa shape index (κ3) is 2.19. The maximum Gasteiger partial charge on any atom is 0.178 e. The maximum absolute atomic E-state index is 12.2. The van der Waals surface area contributed by atoms with Crippen LogP contribution in [-0.4, -0.2) is 19.3 Å². The molecular weight excluding hydrogens is 272 g/mol. The summed E-state index contributed by atoms with van der Waals surface area (Å²) in [6.45, 7) is 2.22. The van der Waals surface area contributed by atoms with Gasteiger partial charge in [-0.15, -0.1) is 0 Å². The van der Waals surface area contributed by atoms with E-state index >= 15 is 0 Å². The van der Waals surface area contributed by atoms with Gasteiger partial charge in [-0.1, -0.05) is 38.0 Å². The zero-order valence-corrected chi connectivity index (χ0v) is 12.7. The summed E-state index contributed by atoms with van der Waals surface area (Å²) in [6, 6.07) is 7.01. The van der Waals surface area contributed by atoms with Crippen LogP contribution in [0.2, 0.25) is 0 Å². The fourth-order valence-electron chi connectivity index (χ4n) is 3.92. The highest BCUT2D eigenvalue weighted by molar-refractivity contribution is 7.91. The van der Waals surface area contributed by atoms with E-state index in [9.17, 15) is 13.5 Å². The van der Waals surface area contributed by atoms with Crippen LogP contribution in [0.4, 0.5) is 0 Å². The molecule has 2 aliphatic rings. The average molecular weight is 294 g/mol. The predicted molar refractivity (Wildman–Crippen MR) is 78.1 cm³/mol. The van der Waals surface area contributed by atoms with Crippen LogP contribution >= 0.6 is 0 Å². The van der Waals surface area contributed by atoms with Crippen molar-refractivity contribution in [3.8, 4) is 0 Å². The van der Waals surface area contributed by atoms with Gasteiger partial charge in [0.2, 0.25) is 0 Å². The lowest BCUT2D eigenvalue weighted by Crippen LogP contribution is -2.43. The van der Waals surface area contributed by atoms with Gasteiger partial charge < -0.3 is 5.11 Å². The van der Waals surface area contributed by atoms with Gasteiger partial charge in [0, 0.05) is 5.56 Å². The van der Waals surface area contributed by atoms with E-state index < -0.39 is 15.4 Å². The van der Waals surface area contributed by atoms with Gasteiger partial charge in [-0.3, -0.25) is 0 Å². The molecule has 1 aromatic rings. The summed E-state index contributed by atoms with van der Waals surface area (Å²) in [4.78, 5) is 0.340. The molecule has 1 heterocycles. The monoisotopic (exact) mass is 294 g/mol. The Morgan fingerprint density at radius 3 is 2.75 bits per heavy atom. The minimum atomic E-state index is -3.23. The zero-order valence-electron chi connectivity index (χ0n) is 11.9. The highest BCUT2D eigenvalue weighted by Crippen LogP contribution is 2.47. The lowest BCUT2D eigenvalue weighted by molar-refractivity contribution is -0.0525. The summed E-state index contributed by atoms with van der Waals surface area (Å²) in [5.41, 5.74) is -0.332. The number of sulfone groups is 1. The van der Waals surface area contributed by atoms with Crippen LogP contribution in [0.5, 0.6) is 0 Å². The van der Waals surface area contributed by atoms with Crippen molar-refractivity contribution in [2.75, 3.05) is 5.75 Å². The molecule has 110 valence electrons. The van der Waals surface area contributed by atoms with Crippen molar-refractivity contribution in [2.45, 2.75) is 49.5 Å². The Labute approximate surface area is 120 Å². The molecule has 1 aromatic carbocycles. The molecule has 20 heavy (non-hydrogen) atoms. The Hall–Kier alpha value is -0.870. The van der Waals surface area contributed by atoms with Crippen molar-refractivity contribution in [1.29, 1.82) is 0 Å². The minimum Gasteiger partial charge on any atom is -0.385 e. The molecule has 1 aliphatic heterocycles. The van der Waals surface area contributed by atoms with E-state index in [2.05, 4.69) is 6.92 Å². The molecule has 0 amide bonds. The van der Waals surface area contributed by atoms with Crippen LogP contribution in [0, 0.1) is 11.8 Å². The zero-order chi connectivity index (χ0) is 14.4. The number of benzene rings is 1. The fraction of sp³-hybridized carbons (Fsp3) is 0.625. The van der Waals surface area contributed by atoms with Crippen LogP contribution in [0.15, 0.2) is 29.2 Å². The van der Waals surface area contributed by atoms with Crippen molar-refractivity contribution < 1.29 is 13.5 Å². The second-order valence-corrected chi connectivity index (χ2v) is 8.54. The van der Waals surface area contributed by atoms with Crippen LogP contribution in [0.3, 0.4) is 0 Å². The van der Waals surface area contributed by atoms with Gasteiger partial charge in [0.1, 0.15) is 0 Å². The van der Waals surface area contributed by atoms with Gasteiger partial charge in [-0.05, 0) is 37.2 Å². The second-order valence-electron chi connectivity index (χ2n) is 6.46. The Bertz CT molecular complexity index is 608. The summed E-state index contributed by atoms with van der Waals surface area (Å²) >= 11 is 0. The minimum absolute atomic E-state index is 0.0609. The van der Waals surface area contributed by atoms with E-state index in [1.54, 1.807) is 18.2 Å². The molecule has 0 bridgehead atoms. The van der Waals surface area contributed by atoms with Gasteiger partial charge in [0.15, 0.2) is 9.84 Å². The molecule has 3 rings (SSSR count). The maximum atomic E-state index is 12.2. The largest absolute Gasteiger partial charge is 0.385 e. The summed E-state index contributed by atoms with van der Waals surface area (Å²) in [5.74, 6) is 0.858. The van der Waals surface area contributed by atoms with E-state index in [0.717, 1.165) is 19.3 Å². The number of hydrogen-bond acceptors (Lipinski definition) is 3. The molecule has 0 saturated heterocycles. The van der Waals surface area contributed by atoms with E-state index in [1.165, 1.54) is 6.42 Å². The summed E-state index contributed by atoms with van der Waals surface area (Å²) in [7, 11) is -3.23. The topological polar surface area (TPSA) is 54.4 Å². The van der Waals surface area contributed by atoms with Gasteiger partial charge in [-0.2, -0.15) is 0 Å². The Morgan fingerprint density at radius 1 is 1.25 bits per heavy atom. The first-order valence-electron chi connectivity index (χ1n) is 7.48. The van der Waals surface area contributed by atoms with Gasteiger partial charge in [0.25, 0.3) is 0 Å². The van der Waals surface area contributed by atoms with Crippen molar-refractivity contribution in [3.05, 3.63) is 29.8 Å². The molecule has 1 aliphatic carbocycles. The first-order chi connectivity index (χ1) is 9.43. The molecule has 4 heteroatoms. The SMILES string of the molecule is CC1CCCC(C2(O)CCS(=O)(=O)c3ccccc32)C1. The van der Waals surface area contributed by atoms with Gasteiger partial charge in [-0.25, -0.2) is 8.42 Å². The molecule has 0 radical (unpaired) electrons. The summed E-state index contributed by atoms with van der Waals surface area (Å²) < 4.78 is 24.4. The number of hydrogen-bond donors (Lipinski definition) is 1. The van der Waals surface area contributed by atoms with E-state index in [0.29, 0.717) is 22.8 Å². The molecule has 1 fully saturated rings. The molecule has 1 saturated carbocycles. The molecule has 3 unspecified atom stereocenters. The van der Waals surface area contributed by atoms with Crippen molar-refractivity contribution in [2.24, 2.45) is 11.8 Å². The standard InChI is InChI=1S/C16H22O3S/c1-12-5-4-6-13(11-12)16(17)9-10-20(18,19)15-8-3-2-7-14(15)16/h2-3,7-8,12-13,17H,4-6,9-11H2,1H3. The van der Waals surface area contributed by atoms with Gasteiger partial charge in [0.05, 0.1) is 16.2 Å². The molecule has 3 nitrogen and oxygen atoms in total. The van der Waals surface area contributed by atoms with Gasteiger partial charge >= 0.3 is 0 Å². The lowest BCUT2D eigenvalue weighted by atomic mass is 9.69. The first-order valence-corrected chi connectivity index (χ1v) is 9.13. The van der Waals surface area contributed by atoms with Crippen LogP contribution < -0.4 is 0 Å². The third-order valence-corrected chi connectivity index (χ3v) is 6.82. The van der Waals surface area contributed by atoms with E-state index in [-0.39, 0.29) is 11.7 Å². The summed E-state index contributed by atoms with van der Waals surface area (Å²) in [6.07, 6.45) is 4.67. The highest BCUT2D eigenvalue weighted by atomic mass is 32.2. The number of aliphatic hydroxyl groups is 1. The number of rotatable bonds is 1. The molecule has 0 aromatic heterocycles. The molecule has 3 atom stereocenters. The van der Waals surface area contributed by atoms with Crippen LogP contribution in [0.1, 0.15) is 44.6 Å². The fourth-order valence-corrected chi connectivity index (χ4v) is 5.59. The van der Waals surface area contributed by atoms with Crippen molar-refractivity contribution in [3.63, 3.8) is 0 Å². The summed E-state index contributed by atoms with van der Waals surface area (Å²) in [5, 5.41) is 11.2. The Kier molecular flexibility index (Phi) is 3.41. The third-order valence-electron chi connectivity index (χ3n) is 5.05. The van der Waals surface area contributed by atoms with Crippen molar-refractivity contribution in [1.82, 2.24) is 0 Å². The molecule has 0 spiro atoms. The van der Waals surface area contributed by atoms with Crippen LogP contribution in [0.25, 0.3) is 0 Å². The van der Waals surface area contributed by atoms with Crippen molar-refractivity contribution >= 4 is 9.84 Å². The molecular formula is C16H22O3S. The molecule has 1 N–H and O–H groups in total. The highest BCUT2D eigenvalue weighted by Gasteiger charge is 2.46. The quantitative estimate of drug-likeness (QED) is 0.866. The Balaban J connectivity index is 2.06. The second kappa shape index (κ2) is 4.85. The average Bonchev–Trinajstić information content (AvgIpc) is 2.44. The smallest absolute Gasteiger partial charge is 0.178 e. The predicted octanol–water partition coefficient (Wildman–Crippen LogP) is 2.88.